The van der Waals surface area contributed by atoms with Crippen LogP contribution in [0, 0.1) is 10.7 Å². The first kappa shape index (κ1) is 24.9. The Hall–Kier alpha value is -3.26. The van der Waals surface area contributed by atoms with Crippen molar-refractivity contribution >= 4 is 23.9 Å². The number of aromatic nitrogens is 2. The largest absolute Gasteiger partial charge is 0.507 e. The van der Waals surface area contributed by atoms with E-state index in [0.717, 1.165) is 48.6 Å². The van der Waals surface area contributed by atoms with E-state index in [0.29, 0.717) is 21.8 Å². The van der Waals surface area contributed by atoms with Crippen molar-refractivity contribution in [1.82, 2.24) is 9.55 Å². The second-order valence-electron chi connectivity index (χ2n) is 9.50. The van der Waals surface area contributed by atoms with Crippen molar-refractivity contribution in [3.8, 4) is 34.2 Å². The lowest BCUT2D eigenvalue weighted by Crippen LogP contribution is -2.18. The van der Waals surface area contributed by atoms with E-state index in [-0.39, 0.29) is 23.6 Å². The molecule has 1 aromatic heterocycles. The van der Waals surface area contributed by atoms with E-state index in [1.807, 2.05) is 36.6 Å². The number of ether oxygens (including phenoxy) is 2. The fourth-order valence-corrected chi connectivity index (χ4v) is 4.67. The zero-order valence-electron chi connectivity index (χ0n) is 20.9. The van der Waals surface area contributed by atoms with Gasteiger partial charge < -0.3 is 24.5 Å². The minimum Gasteiger partial charge on any atom is -0.507 e. The summed E-state index contributed by atoms with van der Waals surface area (Å²) in [6, 6.07) is 9.40. The zero-order chi connectivity index (χ0) is 25.3. The zero-order valence-corrected chi connectivity index (χ0v) is 21.7. The molecule has 1 aliphatic heterocycles. The van der Waals surface area contributed by atoms with Gasteiger partial charge in [-0.25, -0.2) is 0 Å². The molecule has 3 aromatic rings. The minimum atomic E-state index is -0.337. The van der Waals surface area contributed by atoms with Crippen molar-refractivity contribution in [3.05, 3.63) is 46.9 Å². The fraction of sp³-hybridized carbons (Fsp3) is 0.407. The van der Waals surface area contributed by atoms with Crippen LogP contribution in [0.1, 0.15) is 52.0 Å². The highest BCUT2D eigenvalue weighted by Gasteiger charge is 2.22. The normalized spacial score (nSPS) is 13.6. The molecule has 2 heterocycles. The Morgan fingerprint density at radius 2 is 1.80 bits per heavy atom. The lowest BCUT2D eigenvalue weighted by atomic mass is 9.97. The number of esters is 1. The molecule has 0 unspecified atom stereocenters. The van der Waals surface area contributed by atoms with Crippen LogP contribution >= 0.6 is 12.2 Å². The SMILES string of the molecule is COc1ccc(-n2c(-c3cc(C(C)C)c(OC(=O)C(C)C)cc3O)c[nH]c2=S)cc1N1CCCC1. The molecule has 0 saturated carbocycles. The highest BCUT2D eigenvalue weighted by atomic mass is 32.1. The average molecular weight is 496 g/mol. The number of anilines is 1. The number of phenols is 1. The first-order valence-electron chi connectivity index (χ1n) is 12.0. The van der Waals surface area contributed by atoms with Gasteiger partial charge in [0.25, 0.3) is 0 Å². The van der Waals surface area contributed by atoms with Crippen molar-refractivity contribution < 1.29 is 19.4 Å². The first-order valence-corrected chi connectivity index (χ1v) is 12.4. The Kier molecular flexibility index (Phi) is 7.21. The number of hydrogen-bond donors (Lipinski definition) is 2. The number of aromatic hydroxyl groups is 1. The Bertz CT molecular complexity index is 1290. The van der Waals surface area contributed by atoms with Crippen molar-refractivity contribution in [2.24, 2.45) is 5.92 Å². The number of phenolic OH excluding ortho intramolecular Hbond substituents is 1. The van der Waals surface area contributed by atoms with Gasteiger partial charge in [-0.1, -0.05) is 27.7 Å². The van der Waals surface area contributed by atoms with E-state index >= 15 is 0 Å². The molecule has 0 amide bonds. The number of carbonyl (C=O) groups excluding carboxylic acids is 1. The molecule has 0 spiro atoms. The molecular formula is C27H33N3O4S. The van der Waals surface area contributed by atoms with Crippen LogP contribution in [0.25, 0.3) is 16.9 Å². The van der Waals surface area contributed by atoms with E-state index in [2.05, 4.69) is 16.0 Å². The molecule has 1 fully saturated rings. The number of nitrogens with zero attached hydrogens (tertiary/aromatic N) is 2. The van der Waals surface area contributed by atoms with E-state index in [4.69, 9.17) is 21.7 Å². The number of hydrogen-bond acceptors (Lipinski definition) is 6. The quantitative estimate of drug-likeness (QED) is 0.231. The molecule has 186 valence electrons. The molecule has 0 atom stereocenters. The number of methoxy groups -OCH3 is 1. The second-order valence-corrected chi connectivity index (χ2v) is 9.89. The topological polar surface area (TPSA) is 79.7 Å². The third kappa shape index (κ3) is 4.93. The molecule has 0 radical (unpaired) electrons. The highest BCUT2D eigenvalue weighted by molar-refractivity contribution is 7.71. The lowest BCUT2D eigenvalue weighted by molar-refractivity contribution is -0.137. The third-order valence-electron chi connectivity index (χ3n) is 6.35. The molecular weight excluding hydrogens is 462 g/mol. The van der Waals surface area contributed by atoms with Crippen molar-refractivity contribution in [1.29, 1.82) is 0 Å². The fourth-order valence-electron chi connectivity index (χ4n) is 4.40. The van der Waals surface area contributed by atoms with E-state index < -0.39 is 0 Å². The van der Waals surface area contributed by atoms with E-state index in [1.54, 1.807) is 27.2 Å². The summed E-state index contributed by atoms with van der Waals surface area (Å²) in [5.74, 6) is 0.670. The van der Waals surface area contributed by atoms with Crippen LogP contribution in [-0.4, -0.2) is 40.8 Å². The molecule has 0 aliphatic carbocycles. The van der Waals surface area contributed by atoms with Crippen LogP contribution in [0.5, 0.6) is 17.2 Å². The number of rotatable bonds is 7. The van der Waals surface area contributed by atoms with Crippen molar-refractivity contribution in [3.63, 3.8) is 0 Å². The third-order valence-corrected chi connectivity index (χ3v) is 6.65. The highest BCUT2D eigenvalue weighted by Crippen LogP contribution is 2.40. The van der Waals surface area contributed by atoms with Gasteiger partial charge in [0, 0.05) is 30.9 Å². The summed E-state index contributed by atoms with van der Waals surface area (Å²) in [6.45, 7) is 9.59. The maximum absolute atomic E-state index is 12.2. The molecule has 2 N–H and O–H groups in total. The van der Waals surface area contributed by atoms with Gasteiger partial charge in [-0.2, -0.15) is 0 Å². The maximum Gasteiger partial charge on any atom is 0.313 e. The minimum absolute atomic E-state index is 0.0111. The predicted molar refractivity (Wildman–Crippen MR) is 141 cm³/mol. The van der Waals surface area contributed by atoms with Gasteiger partial charge in [-0.15, -0.1) is 0 Å². The Labute approximate surface area is 211 Å². The van der Waals surface area contributed by atoms with Gasteiger partial charge in [-0.3, -0.25) is 9.36 Å². The van der Waals surface area contributed by atoms with Crippen molar-refractivity contribution in [2.75, 3.05) is 25.1 Å². The number of benzene rings is 2. The molecule has 4 rings (SSSR count). The predicted octanol–water partition coefficient (Wildman–Crippen LogP) is 6.20. The summed E-state index contributed by atoms with van der Waals surface area (Å²) in [6.07, 6.45) is 4.10. The van der Waals surface area contributed by atoms with Crippen LogP contribution in [-0.2, 0) is 4.79 Å². The Morgan fingerprint density at radius 1 is 1.09 bits per heavy atom. The molecule has 1 aliphatic rings. The lowest BCUT2D eigenvalue weighted by Gasteiger charge is -2.22. The summed E-state index contributed by atoms with van der Waals surface area (Å²) < 4.78 is 13.7. The second kappa shape index (κ2) is 10.2. The summed E-state index contributed by atoms with van der Waals surface area (Å²) in [4.78, 5) is 17.7. The van der Waals surface area contributed by atoms with Gasteiger partial charge in [0.1, 0.15) is 17.2 Å². The average Bonchev–Trinajstić information content (AvgIpc) is 3.48. The monoisotopic (exact) mass is 495 g/mol. The standard InChI is InChI=1S/C27H33N3O4S/c1-16(2)19-13-20(23(31)14-25(19)34-26(32)17(3)4)22-15-28-27(35)30(22)18-8-9-24(33-5)21(12-18)29-10-6-7-11-29/h8-9,12-17,31H,6-7,10-11H2,1-5H3,(H,28,35). The van der Waals surface area contributed by atoms with Crippen molar-refractivity contribution in [2.45, 2.75) is 46.5 Å². The number of imidazole rings is 1. The van der Waals surface area contributed by atoms with Crippen LogP contribution in [0.2, 0.25) is 0 Å². The van der Waals surface area contributed by atoms with Gasteiger partial charge in [0.05, 0.1) is 30.1 Å². The number of H-pyrrole nitrogens is 1. The van der Waals surface area contributed by atoms with Gasteiger partial charge >= 0.3 is 5.97 Å². The number of carbonyl (C=O) groups is 1. The van der Waals surface area contributed by atoms with Gasteiger partial charge in [0.2, 0.25) is 0 Å². The van der Waals surface area contributed by atoms with E-state index in [9.17, 15) is 9.90 Å². The summed E-state index contributed by atoms with van der Waals surface area (Å²) in [7, 11) is 1.68. The smallest absolute Gasteiger partial charge is 0.313 e. The molecule has 7 nitrogen and oxygen atoms in total. The van der Waals surface area contributed by atoms with Crippen LogP contribution in [0.3, 0.4) is 0 Å². The molecule has 0 bridgehead atoms. The summed E-state index contributed by atoms with van der Waals surface area (Å²) in [5.41, 5.74) is 4.05. The molecule has 8 heteroatoms. The first-order chi connectivity index (χ1) is 16.7. The summed E-state index contributed by atoms with van der Waals surface area (Å²) in [5, 5.41) is 11.0. The maximum atomic E-state index is 12.2. The van der Waals surface area contributed by atoms with Gasteiger partial charge in [0.15, 0.2) is 4.77 Å². The Morgan fingerprint density at radius 3 is 2.43 bits per heavy atom. The number of nitrogens with one attached hydrogen (secondary N) is 1. The van der Waals surface area contributed by atoms with Crippen LogP contribution in [0.4, 0.5) is 5.69 Å². The van der Waals surface area contributed by atoms with Gasteiger partial charge in [-0.05, 0) is 60.8 Å². The number of aromatic amines is 1. The molecule has 1 saturated heterocycles. The van der Waals surface area contributed by atoms with E-state index in [1.165, 1.54) is 6.07 Å². The summed E-state index contributed by atoms with van der Waals surface area (Å²) >= 11 is 5.64. The van der Waals surface area contributed by atoms with Crippen LogP contribution < -0.4 is 14.4 Å². The molecule has 2 aromatic carbocycles. The Balaban J connectivity index is 1.83. The molecule has 35 heavy (non-hydrogen) atoms. The van der Waals surface area contributed by atoms with Crippen LogP contribution in [0.15, 0.2) is 36.5 Å².